The van der Waals surface area contributed by atoms with Gasteiger partial charge in [-0.15, -0.1) is 11.3 Å². The molecule has 30 heavy (non-hydrogen) atoms. The number of benzene rings is 2. The first-order chi connectivity index (χ1) is 14.0. The second-order valence-electron chi connectivity index (χ2n) is 7.17. The van der Waals surface area contributed by atoms with Crippen LogP contribution in [0.2, 0.25) is 0 Å². The van der Waals surface area contributed by atoms with Gasteiger partial charge in [-0.25, -0.2) is 4.79 Å². The molecule has 0 amide bonds. The van der Waals surface area contributed by atoms with Crippen molar-refractivity contribution >= 4 is 55.0 Å². The first kappa shape index (κ1) is 23.3. The van der Waals surface area contributed by atoms with Gasteiger partial charge in [-0.05, 0) is 58.8 Å². The van der Waals surface area contributed by atoms with Crippen LogP contribution in [0.5, 0.6) is 5.75 Å². The Morgan fingerprint density at radius 3 is 2.53 bits per heavy atom. The Balaban J connectivity index is 0.00000256. The molecule has 1 aliphatic heterocycles. The Bertz CT molecular complexity index is 995. The molecule has 0 aliphatic carbocycles. The van der Waals surface area contributed by atoms with Gasteiger partial charge < -0.3 is 19.3 Å². The van der Waals surface area contributed by atoms with E-state index in [-0.39, 0.29) is 44.3 Å². The molecule has 1 fully saturated rings. The van der Waals surface area contributed by atoms with Gasteiger partial charge in [0.1, 0.15) is 24.6 Å². The second-order valence-corrected chi connectivity index (χ2v) is 8.08. The summed E-state index contributed by atoms with van der Waals surface area (Å²) in [5.41, 5.74) is 3.79. The number of rotatable bonds is 8. The summed E-state index contributed by atoms with van der Waals surface area (Å²) >= 11 is 1.74. The Hall–Kier alpha value is -1.41. The summed E-state index contributed by atoms with van der Waals surface area (Å²) in [6.07, 6.45) is 0. The number of hydrogen-bond donors (Lipinski definition) is 1. The minimum absolute atomic E-state index is 0. The van der Waals surface area contributed by atoms with E-state index in [0.29, 0.717) is 19.8 Å². The number of ether oxygens (including phenoxy) is 3. The monoisotopic (exact) mass is 452 g/mol. The van der Waals surface area contributed by atoms with E-state index in [1.165, 1.54) is 16.0 Å². The SMILES string of the molecule is Cc1csc(-c2cccc(COc3ccc(C4(OCC(=O)O)COC4)cc3)c2)c1.[CaH2]. The van der Waals surface area contributed by atoms with Gasteiger partial charge >= 0.3 is 43.7 Å². The Kier molecular flexibility index (Phi) is 7.96. The third-order valence-electron chi connectivity index (χ3n) is 4.87. The molecular formula is C23H24CaO5S. The van der Waals surface area contributed by atoms with Crippen LogP contribution in [-0.4, -0.2) is 68.6 Å². The predicted molar refractivity (Wildman–Crippen MR) is 120 cm³/mol. The molecule has 1 aromatic heterocycles. The molecule has 3 aromatic rings. The fourth-order valence-electron chi connectivity index (χ4n) is 3.24. The summed E-state index contributed by atoms with van der Waals surface area (Å²) in [6.45, 7) is 2.94. The van der Waals surface area contributed by atoms with E-state index in [2.05, 4.69) is 36.6 Å². The fraction of sp³-hybridized carbons (Fsp3) is 0.261. The zero-order valence-corrected chi connectivity index (χ0v) is 16.9. The van der Waals surface area contributed by atoms with E-state index < -0.39 is 11.6 Å². The quantitative estimate of drug-likeness (QED) is 0.528. The number of aliphatic carboxylic acids is 1. The standard InChI is InChI=1S/C23H22O5S.Ca.2H/c1-16-9-21(29-13-16)18-4-2-3-17(10-18)11-27-20-7-5-19(6-8-20)23(14-26-15-23)28-12-22(24)25;;;/h2-10,13H,11-12,14-15H2,1H3,(H,24,25);;;. The molecular weight excluding hydrogens is 428 g/mol. The molecule has 0 spiro atoms. The summed E-state index contributed by atoms with van der Waals surface area (Å²) in [7, 11) is 0. The third-order valence-corrected chi connectivity index (χ3v) is 5.97. The normalized spacial score (nSPS) is 14.4. The van der Waals surface area contributed by atoms with Crippen molar-refractivity contribution in [2.45, 2.75) is 19.1 Å². The molecule has 7 heteroatoms. The molecule has 0 atom stereocenters. The van der Waals surface area contributed by atoms with Crippen molar-refractivity contribution in [1.29, 1.82) is 0 Å². The molecule has 0 unspecified atom stereocenters. The molecule has 1 saturated heterocycles. The molecule has 0 radical (unpaired) electrons. The van der Waals surface area contributed by atoms with Crippen LogP contribution in [0.1, 0.15) is 16.7 Å². The van der Waals surface area contributed by atoms with Crippen LogP contribution in [0.3, 0.4) is 0 Å². The zero-order chi connectivity index (χ0) is 20.3. The van der Waals surface area contributed by atoms with Crippen molar-refractivity contribution in [1.82, 2.24) is 0 Å². The Morgan fingerprint density at radius 2 is 1.93 bits per heavy atom. The number of carboxylic acid groups (broad SMARTS) is 1. The summed E-state index contributed by atoms with van der Waals surface area (Å²) in [6, 6.07) is 18.1. The molecule has 2 aromatic carbocycles. The van der Waals surface area contributed by atoms with E-state index in [0.717, 1.165) is 16.9 Å². The Morgan fingerprint density at radius 1 is 1.17 bits per heavy atom. The molecule has 1 N–H and O–H groups in total. The predicted octanol–water partition coefficient (Wildman–Crippen LogP) is 3.71. The van der Waals surface area contributed by atoms with Crippen molar-refractivity contribution in [3.8, 4) is 16.2 Å². The minimum atomic E-state index is -0.990. The number of carbonyl (C=O) groups is 1. The van der Waals surface area contributed by atoms with E-state index in [1.54, 1.807) is 11.3 Å². The molecule has 5 nitrogen and oxygen atoms in total. The number of thiophene rings is 1. The molecule has 1 aliphatic rings. The van der Waals surface area contributed by atoms with Gasteiger partial charge in [-0.3, -0.25) is 0 Å². The number of hydrogen-bond acceptors (Lipinski definition) is 5. The molecule has 4 rings (SSSR count). The van der Waals surface area contributed by atoms with Crippen molar-refractivity contribution in [3.05, 3.63) is 76.7 Å². The van der Waals surface area contributed by atoms with Crippen molar-refractivity contribution in [2.24, 2.45) is 0 Å². The van der Waals surface area contributed by atoms with Crippen LogP contribution < -0.4 is 4.74 Å². The van der Waals surface area contributed by atoms with Crippen molar-refractivity contribution in [2.75, 3.05) is 19.8 Å². The average Bonchev–Trinajstić information content (AvgIpc) is 3.13. The topological polar surface area (TPSA) is 65.0 Å². The summed E-state index contributed by atoms with van der Waals surface area (Å²) < 4.78 is 16.8. The summed E-state index contributed by atoms with van der Waals surface area (Å²) in [5, 5.41) is 11.0. The molecule has 2 heterocycles. The van der Waals surface area contributed by atoms with Gasteiger partial charge in [-0.1, -0.05) is 30.3 Å². The Labute approximate surface area is 209 Å². The first-order valence-corrected chi connectivity index (χ1v) is 10.2. The number of carboxylic acids is 1. The maximum absolute atomic E-state index is 10.8. The van der Waals surface area contributed by atoms with Gasteiger partial charge in [0.2, 0.25) is 0 Å². The number of aryl methyl sites for hydroxylation is 1. The van der Waals surface area contributed by atoms with Crippen molar-refractivity contribution < 1.29 is 24.1 Å². The van der Waals surface area contributed by atoms with Crippen LogP contribution >= 0.6 is 11.3 Å². The molecule has 154 valence electrons. The van der Waals surface area contributed by atoms with E-state index >= 15 is 0 Å². The molecule has 0 saturated carbocycles. The van der Waals surface area contributed by atoms with Gasteiger partial charge in [0.25, 0.3) is 0 Å². The zero-order valence-electron chi connectivity index (χ0n) is 16.1. The van der Waals surface area contributed by atoms with E-state index in [1.807, 2.05) is 30.3 Å². The van der Waals surface area contributed by atoms with Gasteiger partial charge in [0.15, 0.2) is 0 Å². The third kappa shape index (κ3) is 5.44. The van der Waals surface area contributed by atoms with Crippen LogP contribution in [0.4, 0.5) is 0 Å². The molecule has 0 bridgehead atoms. The van der Waals surface area contributed by atoms with Crippen LogP contribution in [-0.2, 0) is 26.5 Å². The van der Waals surface area contributed by atoms with Crippen LogP contribution in [0.15, 0.2) is 60.0 Å². The van der Waals surface area contributed by atoms with Crippen LogP contribution in [0.25, 0.3) is 10.4 Å². The fourth-order valence-corrected chi connectivity index (χ4v) is 4.14. The average molecular weight is 453 g/mol. The summed E-state index contributed by atoms with van der Waals surface area (Å²) in [5.74, 6) is -0.240. The van der Waals surface area contributed by atoms with E-state index in [9.17, 15) is 4.79 Å². The van der Waals surface area contributed by atoms with Gasteiger partial charge in [-0.2, -0.15) is 0 Å². The van der Waals surface area contributed by atoms with Crippen LogP contribution in [0, 0.1) is 6.92 Å². The first-order valence-electron chi connectivity index (χ1n) is 9.35. The van der Waals surface area contributed by atoms with E-state index in [4.69, 9.17) is 19.3 Å². The maximum atomic E-state index is 10.8. The summed E-state index contributed by atoms with van der Waals surface area (Å²) in [4.78, 5) is 12.1. The van der Waals surface area contributed by atoms with Gasteiger partial charge in [0.05, 0.1) is 13.2 Å². The van der Waals surface area contributed by atoms with Gasteiger partial charge in [0, 0.05) is 4.88 Å². The van der Waals surface area contributed by atoms with Crippen molar-refractivity contribution in [3.63, 3.8) is 0 Å². The second kappa shape index (κ2) is 10.3.